The van der Waals surface area contributed by atoms with Crippen molar-refractivity contribution in [3.63, 3.8) is 0 Å². The topological polar surface area (TPSA) is 66.5 Å². The molecule has 6 heteroatoms. The molecule has 1 amide bonds. The molecule has 0 aliphatic carbocycles. The lowest BCUT2D eigenvalue weighted by atomic mass is 9.88. The minimum Gasteiger partial charge on any atom is -0.351 e. The smallest absolute Gasteiger partial charge is 0.243 e. The summed E-state index contributed by atoms with van der Waals surface area (Å²) in [7, 11) is -3.57. The van der Waals surface area contributed by atoms with E-state index in [1.165, 1.54) is 0 Å². The molecule has 2 saturated heterocycles. The number of amides is 1. The fourth-order valence-electron chi connectivity index (χ4n) is 3.53. The van der Waals surface area contributed by atoms with Crippen LogP contribution in [0.25, 0.3) is 0 Å². The van der Waals surface area contributed by atoms with Crippen LogP contribution in [0.3, 0.4) is 0 Å². The van der Waals surface area contributed by atoms with Crippen molar-refractivity contribution in [3.05, 3.63) is 42.0 Å². The zero-order chi connectivity index (χ0) is 16.8. The van der Waals surface area contributed by atoms with Gasteiger partial charge < -0.3 is 5.32 Å². The molecule has 124 valence electrons. The average molecular weight is 334 g/mol. The number of piperidine rings is 1. The van der Waals surface area contributed by atoms with E-state index in [0.717, 1.165) is 11.1 Å². The molecule has 2 fully saturated rings. The third-order valence-electron chi connectivity index (χ3n) is 4.85. The van der Waals surface area contributed by atoms with E-state index in [2.05, 4.69) is 11.9 Å². The van der Waals surface area contributed by atoms with Crippen LogP contribution >= 0.6 is 0 Å². The number of aryl methyl sites for hydroxylation is 1. The van der Waals surface area contributed by atoms with Crippen LogP contribution < -0.4 is 5.32 Å². The molecule has 2 aliphatic heterocycles. The molecule has 1 aromatic rings. The van der Waals surface area contributed by atoms with Crippen molar-refractivity contribution in [1.29, 1.82) is 0 Å². The molecule has 1 aromatic carbocycles. The van der Waals surface area contributed by atoms with Crippen LogP contribution in [-0.2, 0) is 14.8 Å². The number of fused-ring (bicyclic) bond motifs is 1. The van der Waals surface area contributed by atoms with E-state index in [-0.39, 0.29) is 23.9 Å². The Bertz CT molecular complexity index is 740. The molecule has 1 N–H and O–H groups in total. The first-order chi connectivity index (χ1) is 10.8. The molecule has 0 unspecified atom stereocenters. The van der Waals surface area contributed by atoms with Gasteiger partial charge >= 0.3 is 0 Å². The highest BCUT2D eigenvalue weighted by Gasteiger charge is 2.49. The Morgan fingerprint density at radius 2 is 1.96 bits per heavy atom. The third kappa shape index (κ3) is 2.81. The fourth-order valence-corrected chi connectivity index (χ4v) is 5.23. The van der Waals surface area contributed by atoms with Gasteiger partial charge in [0.2, 0.25) is 15.9 Å². The zero-order valence-corrected chi connectivity index (χ0v) is 14.3. The lowest BCUT2D eigenvalue weighted by Gasteiger charge is -2.32. The Hall–Kier alpha value is -1.66. The summed E-state index contributed by atoms with van der Waals surface area (Å²) >= 11 is 0. The molecule has 2 aliphatic rings. The first kappa shape index (κ1) is 16.2. The molecule has 0 radical (unpaired) electrons. The van der Waals surface area contributed by atoms with Crippen LogP contribution in [0.1, 0.15) is 25.3 Å². The minimum atomic E-state index is -3.57. The largest absolute Gasteiger partial charge is 0.351 e. The second-order valence-electron chi connectivity index (χ2n) is 6.54. The number of rotatable bonds is 3. The number of hydrogen-bond acceptors (Lipinski definition) is 3. The van der Waals surface area contributed by atoms with Crippen LogP contribution in [0.5, 0.6) is 0 Å². The quantitative estimate of drug-likeness (QED) is 0.858. The summed E-state index contributed by atoms with van der Waals surface area (Å²) in [5.41, 5.74) is 1.93. The lowest BCUT2D eigenvalue weighted by Crippen LogP contribution is -2.52. The van der Waals surface area contributed by atoms with Gasteiger partial charge in [0.15, 0.2) is 0 Å². The normalized spacial score (nSPS) is 28.3. The van der Waals surface area contributed by atoms with Gasteiger partial charge in [-0.15, -0.1) is 0 Å². The minimum absolute atomic E-state index is 0.00733. The van der Waals surface area contributed by atoms with E-state index in [1.807, 2.05) is 13.8 Å². The summed E-state index contributed by atoms with van der Waals surface area (Å²) in [6.45, 7) is 8.18. The van der Waals surface area contributed by atoms with Crippen molar-refractivity contribution in [3.8, 4) is 0 Å². The van der Waals surface area contributed by atoms with Gasteiger partial charge in [0, 0.05) is 24.9 Å². The van der Waals surface area contributed by atoms with E-state index in [9.17, 15) is 13.2 Å². The van der Waals surface area contributed by atoms with Gasteiger partial charge in [-0.1, -0.05) is 29.8 Å². The van der Waals surface area contributed by atoms with Crippen molar-refractivity contribution in [1.82, 2.24) is 9.62 Å². The van der Waals surface area contributed by atoms with Crippen molar-refractivity contribution < 1.29 is 13.2 Å². The maximum absolute atomic E-state index is 13.0. The van der Waals surface area contributed by atoms with Gasteiger partial charge in [-0.3, -0.25) is 4.79 Å². The van der Waals surface area contributed by atoms with Gasteiger partial charge in [-0.2, -0.15) is 4.31 Å². The SMILES string of the molecule is C=C(C)[C@@H]1CN(S(=O)(=O)c2ccc(C)cc2)[C@H]2CCC(=O)N[C@@H]12. The standard InChI is InChI=1S/C17H22N2O3S/c1-11(2)14-10-19(15-8-9-16(20)18-17(14)15)23(21,22)13-6-4-12(3)5-7-13/h4-7,14-15,17H,1,8-10H2,2-3H3,(H,18,20)/t14-,15-,17-/m0/s1. The molecule has 0 bridgehead atoms. The third-order valence-corrected chi connectivity index (χ3v) is 6.76. The molecular formula is C17H22N2O3S. The van der Waals surface area contributed by atoms with E-state index < -0.39 is 10.0 Å². The molecule has 2 heterocycles. The van der Waals surface area contributed by atoms with Crippen LogP contribution in [0.15, 0.2) is 41.3 Å². The van der Waals surface area contributed by atoms with E-state index in [1.54, 1.807) is 28.6 Å². The summed E-state index contributed by atoms with van der Waals surface area (Å²) in [5, 5.41) is 2.97. The van der Waals surface area contributed by atoms with Crippen LogP contribution in [0, 0.1) is 12.8 Å². The Labute approximate surface area is 137 Å². The summed E-state index contributed by atoms with van der Waals surface area (Å²) in [6.07, 6.45) is 0.926. The Kier molecular flexibility index (Phi) is 4.06. The van der Waals surface area contributed by atoms with Gasteiger partial charge in [-0.05, 0) is 32.4 Å². The average Bonchev–Trinajstić information content (AvgIpc) is 2.87. The maximum atomic E-state index is 13.0. The van der Waals surface area contributed by atoms with E-state index in [0.29, 0.717) is 24.3 Å². The summed E-state index contributed by atoms with van der Waals surface area (Å²) in [6, 6.07) is 6.54. The predicted molar refractivity (Wildman–Crippen MR) is 88.3 cm³/mol. The van der Waals surface area contributed by atoms with Gasteiger partial charge in [0.1, 0.15) is 0 Å². The Balaban J connectivity index is 1.97. The number of benzene rings is 1. The maximum Gasteiger partial charge on any atom is 0.243 e. The lowest BCUT2D eigenvalue weighted by molar-refractivity contribution is -0.123. The molecule has 0 spiro atoms. The van der Waals surface area contributed by atoms with Crippen LogP contribution in [0.4, 0.5) is 0 Å². The van der Waals surface area contributed by atoms with Crippen LogP contribution in [0.2, 0.25) is 0 Å². The summed E-state index contributed by atoms with van der Waals surface area (Å²) in [4.78, 5) is 12.0. The Morgan fingerprint density at radius 1 is 1.30 bits per heavy atom. The van der Waals surface area contributed by atoms with Crippen molar-refractivity contribution in [2.45, 2.75) is 43.7 Å². The van der Waals surface area contributed by atoms with Gasteiger partial charge in [-0.25, -0.2) is 8.42 Å². The summed E-state index contributed by atoms with van der Waals surface area (Å²) < 4.78 is 27.6. The van der Waals surface area contributed by atoms with E-state index >= 15 is 0 Å². The molecule has 23 heavy (non-hydrogen) atoms. The summed E-state index contributed by atoms with van der Waals surface area (Å²) in [5.74, 6) is -0.0449. The second-order valence-corrected chi connectivity index (χ2v) is 8.43. The number of sulfonamides is 1. The molecule has 3 rings (SSSR count). The molecule has 0 saturated carbocycles. The van der Waals surface area contributed by atoms with Crippen LogP contribution in [-0.4, -0.2) is 37.3 Å². The Morgan fingerprint density at radius 3 is 2.57 bits per heavy atom. The zero-order valence-electron chi connectivity index (χ0n) is 13.5. The molecule has 3 atom stereocenters. The number of nitrogens with one attached hydrogen (secondary N) is 1. The highest BCUT2D eigenvalue weighted by Crippen LogP contribution is 2.37. The van der Waals surface area contributed by atoms with Crippen molar-refractivity contribution in [2.75, 3.05) is 6.54 Å². The predicted octanol–water partition coefficient (Wildman–Crippen LogP) is 1.84. The molecule has 0 aromatic heterocycles. The fraction of sp³-hybridized carbons (Fsp3) is 0.471. The highest BCUT2D eigenvalue weighted by atomic mass is 32.2. The van der Waals surface area contributed by atoms with Crippen molar-refractivity contribution in [2.24, 2.45) is 5.92 Å². The van der Waals surface area contributed by atoms with Gasteiger partial charge in [0.25, 0.3) is 0 Å². The second kappa shape index (κ2) is 5.76. The van der Waals surface area contributed by atoms with Crippen molar-refractivity contribution >= 4 is 15.9 Å². The molecule has 5 nitrogen and oxygen atoms in total. The first-order valence-electron chi connectivity index (χ1n) is 7.84. The van der Waals surface area contributed by atoms with E-state index in [4.69, 9.17) is 0 Å². The monoisotopic (exact) mass is 334 g/mol. The number of carbonyl (C=O) groups excluding carboxylic acids is 1. The first-order valence-corrected chi connectivity index (χ1v) is 9.28. The number of carbonyl (C=O) groups is 1. The number of hydrogen-bond donors (Lipinski definition) is 1. The number of nitrogens with zero attached hydrogens (tertiary/aromatic N) is 1. The highest BCUT2D eigenvalue weighted by molar-refractivity contribution is 7.89. The molecular weight excluding hydrogens is 312 g/mol. The van der Waals surface area contributed by atoms with Gasteiger partial charge in [0.05, 0.1) is 10.9 Å².